The van der Waals surface area contributed by atoms with Crippen molar-refractivity contribution in [3.05, 3.63) is 28.8 Å². The number of nitrogens with two attached hydrogens (primary N) is 2. The number of halogens is 1. The maximum absolute atomic E-state index is 6.04. The van der Waals surface area contributed by atoms with Crippen molar-refractivity contribution in [1.29, 1.82) is 0 Å². The van der Waals surface area contributed by atoms with Crippen molar-refractivity contribution in [2.45, 2.75) is 20.3 Å². The van der Waals surface area contributed by atoms with Crippen LogP contribution in [0.15, 0.2) is 18.2 Å². The first-order chi connectivity index (χ1) is 8.62. The van der Waals surface area contributed by atoms with Gasteiger partial charge in [-0.3, -0.25) is 0 Å². The van der Waals surface area contributed by atoms with Gasteiger partial charge in [0.15, 0.2) is 0 Å². The largest absolute Gasteiger partial charge is 0.494 e. The van der Waals surface area contributed by atoms with Crippen LogP contribution in [0.5, 0.6) is 5.75 Å². The number of hydrogen-bond donors (Lipinski definition) is 2. The molecule has 1 rings (SSSR count). The van der Waals surface area contributed by atoms with Crippen LogP contribution in [-0.2, 0) is 6.42 Å². The van der Waals surface area contributed by atoms with Gasteiger partial charge in [0.2, 0.25) is 0 Å². The van der Waals surface area contributed by atoms with Gasteiger partial charge in [-0.25, -0.2) is 0 Å². The average molecular weight is 271 g/mol. The van der Waals surface area contributed by atoms with E-state index in [-0.39, 0.29) is 0 Å². The minimum atomic E-state index is 0.332. The van der Waals surface area contributed by atoms with Crippen LogP contribution in [0, 0.1) is 11.8 Å². The Labute approximate surface area is 114 Å². The molecule has 18 heavy (non-hydrogen) atoms. The molecule has 0 saturated carbocycles. The summed E-state index contributed by atoms with van der Waals surface area (Å²) in [4.78, 5) is 0. The number of ether oxygens (including phenoxy) is 1. The van der Waals surface area contributed by atoms with Gasteiger partial charge in [-0.05, 0) is 62.0 Å². The van der Waals surface area contributed by atoms with E-state index in [0.29, 0.717) is 31.5 Å². The van der Waals surface area contributed by atoms with E-state index in [1.807, 2.05) is 25.1 Å². The van der Waals surface area contributed by atoms with Crippen LogP contribution in [0.2, 0.25) is 5.02 Å². The highest BCUT2D eigenvalue weighted by Gasteiger charge is 2.17. The molecule has 1 unspecified atom stereocenters. The van der Waals surface area contributed by atoms with Crippen molar-refractivity contribution >= 4 is 11.6 Å². The average Bonchev–Trinajstić information content (AvgIpc) is 2.34. The predicted octanol–water partition coefficient (Wildman–Crippen LogP) is 2.45. The Balaban J connectivity index is 2.84. The molecule has 1 aromatic rings. The molecule has 0 bridgehead atoms. The number of rotatable bonds is 7. The van der Waals surface area contributed by atoms with Crippen molar-refractivity contribution < 1.29 is 4.74 Å². The lowest BCUT2D eigenvalue weighted by atomic mass is 9.88. The molecule has 0 heterocycles. The molecule has 0 aliphatic rings. The Morgan fingerprint density at radius 3 is 2.50 bits per heavy atom. The zero-order valence-electron chi connectivity index (χ0n) is 11.2. The lowest BCUT2D eigenvalue weighted by Crippen LogP contribution is -2.30. The highest BCUT2D eigenvalue weighted by atomic mass is 35.5. The fraction of sp³-hybridized carbons (Fsp3) is 0.571. The highest BCUT2D eigenvalue weighted by Crippen LogP contribution is 2.27. The third kappa shape index (κ3) is 4.16. The van der Waals surface area contributed by atoms with Crippen LogP contribution in [0.1, 0.15) is 19.4 Å². The topological polar surface area (TPSA) is 61.3 Å². The fourth-order valence-electron chi connectivity index (χ4n) is 2.08. The van der Waals surface area contributed by atoms with Gasteiger partial charge in [-0.1, -0.05) is 18.5 Å². The van der Waals surface area contributed by atoms with E-state index in [0.717, 1.165) is 22.8 Å². The molecule has 0 aliphatic heterocycles. The van der Waals surface area contributed by atoms with Crippen LogP contribution < -0.4 is 16.2 Å². The summed E-state index contributed by atoms with van der Waals surface area (Å²) in [6.45, 7) is 6.02. The van der Waals surface area contributed by atoms with Crippen LogP contribution in [0.25, 0.3) is 0 Å². The Morgan fingerprint density at radius 2 is 1.94 bits per heavy atom. The Morgan fingerprint density at radius 1 is 1.28 bits per heavy atom. The Hall–Kier alpha value is -0.770. The van der Waals surface area contributed by atoms with Gasteiger partial charge in [-0.15, -0.1) is 0 Å². The highest BCUT2D eigenvalue weighted by molar-refractivity contribution is 6.30. The second-order valence-electron chi connectivity index (χ2n) is 4.60. The third-order valence-corrected chi connectivity index (χ3v) is 3.51. The minimum absolute atomic E-state index is 0.332. The summed E-state index contributed by atoms with van der Waals surface area (Å²) in [5.74, 6) is 1.65. The summed E-state index contributed by atoms with van der Waals surface area (Å²) in [5.41, 5.74) is 12.6. The minimum Gasteiger partial charge on any atom is -0.494 e. The number of benzene rings is 1. The monoisotopic (exact) mass is 270 g/mol. The molecule has 102 valence electrons. The second kappa shape index (κ2) is 7.62. The van der Waals surface area contributed by atoms with E-state index in [1.54, 1.807) is 0 Å². The van der Waals surface area contributed by atoms with E-state index in [4.69, 9.17) is 27.8 Å². The van der Waals surface area contributed by atoms with Gasteiger partial charge in [0, 0.05) is 5.02 Å². The van der Waals surface area contributed by atoms with Crippen molar-refractivity contribution in [3.8, 4) is 5.75 Å². The first kappa shape index (κ1) is 15.3. The molecule has 1 aromatic carbocycles. The quantitative estimate of drug-likeness (QED) is 0.800. The molecular formula is C14H23ClN2O. The van der Waals surface area contributed by atoms with Crippen molar-refractivity contribution in [3.63, 3.8) is 0 Å². The molecule has 3 nitrogen and oxygen atoms in total. The lowest BCUT2D eigenvalue weighted by molar-refractivity contribution is 0.326. The van der Waals surface area contributed by atoms with Crippen LogP contribution >= 0.6 is 11.6 Å². The molecule has 0 saturated heterocycles. The SMILES string of the molecule is CCOc1ccc(Cl)cc1CC(C)C(CN)CN. The Bertz CT molecular complexity index is 367. The van der Waals surface area contributed by atoms with Crippen LogP contribution in [-0.4, -0.2) is 19.7 Å². The standard InChI is InChI=1S/C14H23ClN2O/c1-3-18-14-5-4-13(15)7-11(14)6-10(2)12(8-16)9-17/h4-5,7,10,12H,3,6,8-9,16-17H2,1-2H3. The number of hydrogen-bond acceptors (Lipinski definition) is 3. The summed E-state index contributed by atoms with van der Waals surface area (Å²) < 4.78 is 5.62. The van der Waals surface area contributed by atoms with Gasteiger partial charge in [0.1, 0.15) is 5.75 Å². The van der Waals surface area contributed by atoms with E-state index >= 15 is 0 Å². The van der Waals surface area contributed by atoms with Gasteiger partial charge in [0.05, 0.1) is 6.61 Å². The first-order valence-electron chi connectivity index (χ1n) is 6.43. The van der Waals surface area contributed by atoms with Gasteiger partial charge < -0.3 is 16.2 Å². The molecule has 0 radical (unpaired) electrons. The summed E-state index contributed by atoms with van der Waals surface area (Å²) in [6, 6.07) is 5.74. The zero-order chi connectivity index (χ0) is 13.5. The summed E-state index contributed by atoms with van der Waals surface area (Å²) in [7, 11) is 0. The molecule has 0 aromatic heterocycles. The van der Waals surface area contributed by atoms with Gasteiger partial charge in [-0.2, -0.15) is 0 Å². The van der Waals surface area contributed by atoms with Crippen LogP contribution in [0.3, 0.4) is 0 Å². The van der Waals surface area contributed by atoms with E-state index in [1.165, 1.54) is 0 Å². The van der Waals surface area contributed by atoms with E-state index in [9.17, 15) is 0 Å². The summed E-state index contributed by atoms with van der Waals surface area (Å²) >= 11 is 6.04. The molecule has 0 fully saturated rings. The van der Waals surface area contributed by atoms with Crippen molar-refractivity contribution in [1.82, 2.24) is 0 Å². The van der Waals surface area contributed by atoms with Crippen molar-refractivity contribution in [2.24, 2.45) is 23.3 Å². The van der Waals surface area contributed by atoms with Gasteiger partial charge in [0.25, 0.3) is 0 Å². The fourth-order valence-corrected chi connectivity index (χ4v) is 2.27. The normalized spacial score (nSPS) is 12.8. The molecule has 4 N–H and O–H groups in total. The molecule has 4 heteroatoms. The summed E-state index contributed by atoms with van der Waals surface area (Å²) in [6.07, 6.45) is 0.884. The van der Waals surface area contributed by atoms with Gasteiger partial charge >= 0.3 is 0 Å². The first-order valence-corrected chi connectivity index (χ1v) is 6.81. The smallest absolute Gasteiger partial charge is 0.122 e. The second-order valence-corrected chi connectivity index (χ2v) is 5.03. The lowest BCUT2D eigenvalue weighted by Gasteiger charge is -2.22. The molecular weight excluding hydrogens is 248 g/mol. The molecule has 0 spiro atoms. The van der Waals surface area contributed by atoms with Crippen molar-refractivity contribution in [2.75, 3.05) is 19.7 Å². The predicted molar refractivity (Wildman–Crippen MR) is 77.1 cm³/mol. The maximum atomic E-state index is 6.04. The Kier molecular flexibility index (Phi) is 6.47. The zero-order valence-corrected chi connectivity index (χ0v) is 11.9. The third-order valence-electron chi connectivity index (χ3n) is 3.27. The van der Waals surface area contributed by atoms with Crippen LogP contribution in [0.4, 0.5) is 0 Å². The molecule has 1 atom stereocenters. The van der Waals surface area contributed by atoms with E-state index in [2.05, 4.69) is 6.92 Å². The maximum Gasteiger partial charge on any atom is 0.122 e. The molecule has 0 aliphatic carbocycles. The van der Waals surface area contributed by atoms with E-state index < -0.39 is 0 Å². The molecule has 0 amide bonds. The summed E-state index contributed by atoms with van der Waals surface area (Å²) in [5, 5.41) is 0.734.